The van der Waals surface area contributed by atoms with Gasteiger partial charge in [0.1, 0.15) is 6.42 Å². The van der Waals surface area contributed by atoms with Crippen LogP contribution >= 0.6 is 23.2 Å². The molecule has 2 rings (SSSR count). The molecule has 0 fully saturated rings. The van der Waals surface area contributed by atoms with E-state index in [1.165, 1.54) is 19.1 Å². The van der Waals surface area contributed by atoms with Crippen LogP contribution in [0.1, 0.15) is 18.9 Å². The summed E-state index contributed by atoms with van der Waals surface area (Å²) in [5, 5.41) is 1.04. The lowest BCUT2D eigenvalue weighted by atomic mass is 10.2. The number of halogens is 2. The Morgan fingerprint density at radius 3 is 2.27 bits per heavy atom. The maximum Gasteiger partial charge on any atom is 0.243 e. The van der Waals surface area contributed by atoms with Crippen molar-refractivity contribution in [1.29, 1.82) is 0 Å². The van der Waals surface area contributed by atoms with Crippen LogP contribution in [0.2, 0.25) is 10.0 Å². The Kier molecular flexibility index (Phi) is 7.15. The van der Waals surface area contributed by atoms with Crippen molar-refractivity contribution in [3.05, 3.63) is 64.1 Å². The fourth-order valence-corrected chi connectivity index (χ4v) is 2.56. The van der Waals surface area contributed by atoms with Crippen molar-refractivity contribution in [2.75, 3.05) is 4.90 Å². The van der Waals surface area contributed by atoms with Crippen LogP contribution in [-0.2, 0) is 20.9 Å². The van der Waals surface area contributed by atoms with E-state index in [1.807, 2.05) is 12.1 Å². The van der Waals surface area contributed by atoms with Gasteiger partial charge in [0, 0.05) is 23.5 Å². The van der Waals surface area contributed by atoms with Crippen LogP contribution in [0.25, 0.3) is 0 Å². The highest BCUT2D eigenvalue weighted by molar-refractivity contribution is 6.31. The van der Waals surface area contributed by atoms with Crippen molar-refractivity contribution in [3.63, 3.8) is 0 Å². The Bertz CT molecular complexity index is 810. The molecule has 0 saturated heterocycles. The van der Waals surface area contributed by atoms with Gasteiger partial charge in [0.25, 0.3) is 0 Å². The lowest BCUT2D eigenvalue weighted by Crippen LogP contribution is -2.42. The zero-order chi connectivity index (χ0) is 19.1. The molecule has 0 atom stereocenters. The molecule has 26 heavy (non-hydrogen) atoms. The maximum absolute atomic E-state index is 12.3. The molecule has 136 valence electrons. The molecular formula is C18H17Cl2N3O3. The summed E-state index contributed by atoms with van der Waals surface area (Å²) in [6, 6.07) is 13.4. The zero-order valence-corrected chi connectivity index (χ0v) is 15.5. The molecular weight excluding hydrogens is 377 g/mol. The van der Waals surface area contributed by atoms with Crippen molar-refractivity contribution in [1.82, 2.24) is 10.9 Å². The van der Waals surface area contributed by atoms with E-state index in [0.29, 0.717) is 22.3 Å². The van der Waals surface area contributed by atoms with E-state index < -0.39 is 24.1 Å². The fraction of sp³-hybridized carbons (Fsp3) is 0.167. The lowest BCUT2D eigenvalue weighted by Gasteiger charge is -2.19. The monoisotopic (exact) mass is 393 g/mol. The minimum absolute atomic E-state index is 0.299. The van der Waals surface area contributed by atoms with Crippen LogP contribution in [0.15, 0.2) is 48.5 Å². The predicted molar refractivity (Wildman–Crippen MR) is 101 cm³/mol. The molecule has 2 aromatic carbocycles. The number of nitrogens with zero attached hydrogens (tertiary/aromatic N) is 1. The second kappa shape index (κ2) is 9.33. The van der Waals surface area contributed by atoms with E-state index in [4.69, 9.17) is 23.2 Å². The third-order valence-electron chi connectivity index (χ3n) is 3.43. The highest BCUT2D eigenvalue weighted by Gasteiger charge is 2.22. The molecule has 0 aromatic heterocycles. The Hall–Kier alpha value is -2.41. The summed E-state index contributed by atoms with van der Waals surface area (Å²) in [6.45, 7) is 1.55. The highest BCUT2D eigenvalue weighted by Crippen LogP contribution is 2.19. The smallest absolute Gasteiger partial charge is 0.243 e. The molecule has 3 amide bonds. The number of rotatable bonds is 6. The summed E-state index contributed by atoms with van der Waals surface area (Å²) in [7, 11) is 0. The van der Waals surface area contributed by atoms with Crippen LogP contribution < -0.4 is 15.8 Å². The van der Waals surface area contributed by atoms with Crippen LogP contribution in [0.4, 0.5) is 5.69 Å². The number of benzene rings is 2. The van der Waals surface area contributed by atoms with E-state index in [9.17, 15) is 14.4 Å². The second-order valence-electron chi connectivity index (χ2n) is 5.39. The third kappa shape index (κ3) is 5.56. The molecule has 0 aliphatic carbocycles. The lowest BCUT2D eigenvalue weighted by molar-refractivity contribution is -0.130. The molecule has 0 aliphatic rings. The van der Waals surface area contributed by atoms with Gasteiger partial charge in [-0.2, -0.15) is 0 Å². The number of hydrogen-bond donors (Lipinski definition) is 2. The molecule has 6 nitrogen and oxygen atoms in total. The quantitative estimate of drug-likeness (QED) is 0.583. The number of carbonyl (C=O) groups is 3. The van der Waals surface area contributed by atoms with E-state index in [2.05, 4.69) is 10.9 Å². The number of carbonyl (C=O) groups excluding carboxylic acids is 3. The average molecular weight is 394 g/mol. The average Bonchev–Trinajstić information content (AvgIpc) is 2.58. The number of anilines is 1. The minimum atomic E-state index is -0.642. The van der Waals surface area contributed by atoms with Crippen molar-refractivity contribution in [2.24, 2.45) is 0 Å². The molecule has 0 spiro atoms. The summed E-state index contributed by atoms with van der Waals surface area (Å²) in [5.74, 6) is -1.70. The normalized spacial score (nSPS) is 10.3. The Balaban J connectivity index is 1.92. The molecule has 0 unspecified atom stereocenters. The predicted octanol–water partition coefficient (Wildman–Crippen LogP) is 3.08. The first-order valence-electron chi connectivity index (χ1n) is 7.72. The molecule has 2 N–H and O–H groups in total. The molecule has 2 aromatic rings. The SMILES string of the molecule is CC(=O)N(C(=O)CC(=O)NNCc1ccccc1Cl)c1ccc(Cl)cc1. The standard InChI is InChI=1S/C18H17Cl2N3O3/c1-12(24)23(15-8-6-14(19)7-9-15)18(26)10-17(25)22-21-11-13-4-2-3-5-16(13)20/h2-9,21H,10-11H2,1H3,(H,22,25). The molecule has 0 aliphatic heterocycles. The van der Waals surface area contributed by atoms with Gasteiger partial charge in [0.15, 0.2) is 0 Å². The molecule has 0 bridgehead atoms. The van der Waals surface area contributed by atoms with E-state index >= 15 is 0 Å². The van der Waals surface area contributed by atoms with Gasteiger partial charge in [0.05, 0.1) is 5.69 Å². The number of amides is 3. The van der Waals surface area contributed by atoms with Crippen LogP contribution in [0.3, 0.4) is 0 Å². The van der Waals surface area contributed by atoms with Crippen molar-refractivity contribution in [2.45, 2.75) is 19.9 Å². The first-order chi connectivity index (χ1) is 12.4. The van der Waals surface area contributed by atoms with Gasteiger partial charge in [-0.3, -0.25) is 24.7 Å². The van der Waals surface area contributed by atoms with Gasteiger partial charge in [0.2, 0.25) is 17.7 Å². The largest absolute Gasteiger partial charge is 0.291 e. The maximum atomic E-state index is 12.3. The molecule has 0 saturated carbocycles. The molecule has 0 radical (unpaired) electrons. The van der Waals surface area contributed by atoms with Crippen LogP contribution in [0, 0.1) is 0 Å². The number of imide groups is 1. The van der Waals surface area contributed by atoms with Crippen LogP contribution in [0.5, 0.6) is 0 Å². The minimum Gasteiger partial charge on any atom is -0.291 e. The van der Waals surface area contributed by atoms with E-state index in [-0.39, 0.29) is 0 Å². The summed E-state index contributed by atoms with van der Waals surface area (Å²) in [5.41, 5.74) is 6.27. The molecule has 0 heterocycles. The number of hydrazine groups is 1. The highest BCUT2D eigenvalue weighted by atomic mass is 35.5. The summed E-state index contributed by atoms with van der Waals surface area (Å²) < 4.78 is 0. The van der Waals surface area contributed by atoms with Gasteiger partial charge >= 0.3 is 0 Å². The Morgan fingerprint density at radius 1 is 1.00 bits per heavy atom. The van der Waals surface area contributed by atoms with Crippen molar-refractivity contribution >= 4 is 46.6 Å². The van der Waals surface area contributed by atoms with E-state index in [0.717, 1.165) is 10.5 Å². The number of nitrogens with one attached hydrogen (secondary N) is 2. The fourth-order valence-electron chi connectivity index (χ4n) is 2.23. The second-order valence-corrected chi connectivity index (χ2v) is 6.24. The van der Waals surface area contributed by atoms with Gasteiger partial charge < -0.3 is 0 Å². The summed E-state index contributed by atoms with van der Waals surface area (Å²) in [6.07, 6.45) is -0.488. The van der Waals surface area contributed by atoms with Crippen LogP contribution in [-0.4, -0.2) is 17.7 Å². The zero-order valence-electron chi connectivity index (χ0n) is 14.0. The first kappa shape index (κ1) is 19.9. The van der Waals surface area contributed by atoms with Gasteiger partial charge in [-0.15, -0.1) is 0 Å². The summed E-state index contributed by atoms with van der Waals surface area (Å²) >= 11 is 11.8. The number of hydrogen-bond acceptors (Lipinski definition) is 4. The third-order valence-corrected chi connectivity index (χ3v) is 4.05. The topological polar surface area (TPSA) is 78.5 Å². The first-order valence-corrected chi connectivity index (χ1v) is 8.48. The van der Waals surface area contributed by atoms with Crippen molar-refractivity contribution < 1.29 is 14.4 Å². The van der Waals surface area contributed by atoms with Gasteiger partial charge in [-0.25, -0.2) is 5.43 Å². The van der Waals surface area contributed by atoms with Crippen molar-refractivity contribution in [3.8, 4) is 0 Å². The summed E-state index contributed by atoms with van der Waals surface area (Å²) in [4.78, 5) is 37.0. The molecule has 8 heteroatoms. The Morgan fingerprint density at radius 2 is 1.65 bits per heavy atom. The van der Waals surface area contributed by atoms with E-state index in [1.54, 1.807) is 24.3 Å². The Labute approximate surface area is 161 Å². The van der Waals surface area contributed by atoms with Gasteiger partial charge in [-0.1, -0.05) is 41.4 Å². The van der Waals surface area contributed by atoms with Gasteiger partial charge in [-0.05, 0) is 35.9 Å².